The van der Waals surface area contributed by atoms with Gasteiger partial charge in [-0.15, -0.1) is 0 Å². The van der Waals surface area contributed by atoms with Gasteiger partial charge in [-0.25, -0.2) is 0 Å². The molecule has 1 aliphatic rings. The Labute approximate surface area is 119 Å². The summed E-state index contributed by atoms with van der Waals surface area (Å²) in [4.78, 5) is 14.4. The summed E-state index contributed by atoms with van der Waals surface area (Å²) < 4.78 is 11.8. The lowest BCUT2D eigenvalue weighted by Crippen LogP contribution is -2.41. The van der Waals surface area contributed by atoms with Crippen LogP contribution in [-0.4, -0.2) is 28.4 Å². The van der Waals surface area contributed by atoms with E-state index in [-0.39, 0.29) is 5.56 Å². The summed E-state index contributed by atoms with van der Waals surface area (Å²) in [5.41, 5.74) is -1.28. The molecular formula is C14H22BNO4. The minimum absolute atomic E-state index is 0.283. The van der Waals surface area contributed by atoms with E-state index in [1.165, 1.54) is 6.07 Å². The molecule has 1 fully saturated rings. The number of hydrogen-bond donors (Lipinski definition) is 2. The summed E-state index contributed by atoms with van der Waals surface area (Å²) in [6, 6.07) is 3.15. The van der Waals surface area contributed by atoms with Crippen LogP contribution in [0.5, 0.6) is 0 Å². The van der Waals surface area contributed by atoms with Gasteiger partial charge in [-0.2, -0.15) is 0 Å². The van der Waals surface area contributed by atoms with E-state index in [1.54, 1.807) is 19.9 Å². The molecule has 0 amide bonds. The molecule has 1 saturated heterocycles. The molecule has 2 rings (SSSR count). The third-order valence-electron chi connectivity index (χ3n) is 4.05. The largest absolute Gasteiger partial charge is 0.495 e. The standard InChI is InChI=1S/C14H22BNO4/c1-12(2,18)10-7-9(8-11(17)16-10)15-19-13(3,4)14(5,6)20-15/h7-8,18H,1-6H3,(H,16,17). The molecule has 110 valence electrons. The van der Waals surface area contributed by atoms with Crippen LogP contribution < -0.4 is 11.0 Å². The number of nitrogens with one attached hydrogen (secondary N) is 1. The molecular weight excluding hydrogens is 257 g/mol. The van der Waals surface area contributed by atoms with Crippen molar-refractivity contribution >= 4 is 12.6 Å². The fraction of sp³-hybridized carbons (Fsp3) is 0.643. The summed E-state index contributed by atoms with van der Waals surface area (Å²) in [5.74, 6) is 0. The predicted molar refractivity (Wildman–Crippen MR) is 78.0 cm³/mol. The molecule has 1 aliphatic heterocycles. The second-order valence-electron chi connectivity index (χ2n) is 6.84. The number of aliphatic hydroxyl groups is 1. The molecule has 0 bridgehead atoms. The van der Waals surface area contributed by atoms with E-state index in [0.717, 1.165) is 0 Å². The van der Waals surface area contributed by atoms with E-state index in [1.807, 2.05) is 27.7 Å². The van der Waals surface area contributed by atoms with Gasteiger partial charge in [0.25, 0.3) is 0 Å². The maximum Gasteiger partial charge on any atom is 0.495 e. The maximum absolute atomic E-state index is 11.8. The Morgan fingerprint density at radius 2 is 1.65 bits per heavy atom. The van der Waals surface area contributed by atoms with Crippen LogP contribution in [0.2, 0.25) is 0 Å². The van der Waals surface area contributed by atoms with Gasteiger partial charge < -0.3 is 19.4 Å². The number of rotatable bonds is 2. The quantitative estimate of drug-likeness (QED) is 0.789. The lowest BCUT2D eigenvalue weighted by Gasteiger charge is -2.32. The van der Waals surface area contributed by atoms with Gasteiger partial charge in [0.05, 0.1) is 16.8 Å². The molecule has 0 aliphatic carbocycles. The fourth-order valence-corrected chi connectivity index (χ4v) is 2.01. The third kappa shape index (κ3) is 2.68. The molecule has 0 unspecified atom stereocenters. The number of aromatic nitrogens is 1. The number of pyridine rings is 1. The number of H-pyrrole nitrogens is 1. The van der Waals surface area contributed by atoms with Gasteiger partial charge in [0.2, 0.25) is 5.56 Å². The van der Waals surface area contributed by atoms with Crippen molar-refractivity contribution in [2.75, 3.05) is 0 Å². The molecule has 0 saturated carbocycles. The summed E-state index contributed by atoms with van der Waals surface area (Å²) in [7, 11) is -0.608. The highest BCUT2D eigenvalue weighted by atomic mass is 16.7. The van der Waals surface area contributed by atoms with Crippen LogP contribution in [0.25, 0.3) is 0 Å². The van der Waals surface area contributed by atoms with Crippen molar-refractivity contribution in [1.82, 2.24) is 4.98 Å². The molecule has 0 radical (unpaired) electrons. The molecule has 0 spiro atoms. The highest BCUT2D eigenvalue weighted by Gasteiger charge is 2.51. The van der Waals surface area contributed by atoms with Crippen LogP contribution in [0, 0.1) is 0 Å². The van der Waals surface area contributed by atoms with E-state index in [0.29, 0.717) is 11.2 Å². The number of aromatic amines is 1. The average Bonchev–Trinajstić information content (AvgIpc) is 2.46. The highest BCUT2D eigenvalue weighted by molar-refractivity contribution is 6.62. The first-order valence-corrected chi connectivity index (χ1v) is 6.75. The molecule has 2 N–H and O–H groups in total. The van der Waals surface area contributed by atoms with Crippen molar-refractivity contribution in [3.05, 3.63) is 28.2 Å². The average molecular weight is 279 g/mol. The summed E-state index contributed by atoms with van der Waals surface area (Å²) >= 11 is 0. The molecule has 5 nitrogen and oxygen atoms in total. The second kappa shape index (κ2) is 4.45. The van der Waals surface area contributed by atoms with E-state index in [2.05, 4.69) is 4.98 Å². The first-order chi connectivity index (χ1) is 8.92. The van der Waals surface area contributed by atoms with Crippen molar-refractivity contribution < 1.29 is 14.4 Å². The highest BCUT2D eigenvalue weighted by Crippen LogP contribution is 2.36. The zero-order chi connectivity index (χ0) is 15.3. The minimum Gasteiger partial charge on any atom is -0.399 e. The lowest BCUT2D eigenvalue weighted by atomic mass is 9.78. The summed E-state index contributed by atoms with van der Waals surface area (Å²) in [5, 5.41) is 10.0. The smallest absolute Gasteiger partial charge is 0.399 e. The van der Waals surface area contributed by atoms with Gasteiger partial charge in [-0.3, -0.25) is 4.79 Å². The number of hydrogen-bond acceptors (Lipinski definition) is 4. The Kier molecular flexibility index (Phi) is 3.40. The lowest BCUT2D eigenvalue weighted by molar-refractivity contribution is 0.00578. The Hall–Kier alpha value is -1.11. The summed E-state index contributed by atoms with van der Waals surface area (Å²) in [6.45, 7) is 11.1. The van der Waals surface area contributed by atoms with Crippen LogP contribution in [0.1, 0.15) is 47.2 Å². The van der Waals surface area contributed by atoms with Gasteiger partial charge >= 0.3 is 7.12 Å². The molecule has 20 heavy (non-hydrogen) atoms. The SMILES string of the molecule is CC(C)(O)c1cc(B2OC(C)(C)C(C)(C)O2)cc(=O)[nH]1. The van der Waals surface area contributed by atoms with Gasteiger partial charge in [0.1, 0.15) is 0 Å². The van der Waals surface area contributed by atoms with Crippen LogP contribution in [0.3, 0.4) is 0 Å². The molecule has 1 aromatic rings. The normalized spacial score (nSPS) is 21.2. The molecule has 0 aromatic carbocycles. The van der Waals surface area contributed by atoms with E-state index < -0.39 is 23.9 Å². The minimum atomic E-state index is -1.13. The topological polar surface area (TPSA) is 71.5 Å². The zero-order valence-electron chi connectivity index (χ0n) is 12.9. The van der Waals surface area contributed by atoms with Crippen molar-refractivity contribution in [3.63, 3.8) is 0 Å². The first-order valence-electron chi connectivity index (χ1n) is 6.75. The van der Waals surface area contributed by atoms with Gasteiger partial charge in [0, 0.05) is 11.8 Å². The Balaban J connectivity index is 2.41. The fourth-order valence-electron chi connectivity index (χ4n) is 2.01. The first kappa shape index (κ1) is 15.3. The molecule has 0 atom stereocenters. The zero-order valence-corrected chi connectivity index (χ0v) is 12.9. The third-order valence-corrected chi connectivity index (χ3v) is 4.05. The van der Waals surface area contributed by atoms with Crippen molar-refractivity contribution in [2.24, 2.45) is 0 Å². The van der Waals surface area contributed by atoms with Gasteiger partial charge in [-0.1, -0.05) is 0 Å². The van der Waals surface area contributed by atoms with Gasteiger partial charge in [-0.05, 0) is 53.1 Å². The Morgan fingerprint density at radius 3 is 2.10 bits per heavy atom. The van der Waals surface area contributed by atoms with E-state index in [4.69, 9.17) is 9.31 Å². The second-order valence-corrected chi connectivity index (χ2v) is 6.84. The maximum atomic E-state index is 11.8. The monoisotopic (exact) mass is 279 g/mol. The molecule has 6 heteroatoms. The van der Waals surface area contributed by atoms with E-state index in [9.17, 15) is 9.90 Å². The van der Waals surface area contributed by atoms with Crippen LogP contribution in [0.4, 0.5) is 0 Å². The van der Waals surface area contributed by atoms with E-state index >= 15 is 0 Å². The van der Waals surface area contributed by atoms with Gasteiger partial charge in [0.15, 0.2) is 0 Å². The van der Waals surface area contributed by atoms with Crippen LogP contribution in [-0.2, 0) is 14.9 Å². The van der Waals surface area contributed by atoms with Crippen LogP contribution >= 0.6 is 0 Å². The van der Waals surface area contributed by atoms with Crippen molar-refractivity contribution in [2.45, 2.75) is 58.3 Å². The Morgan fingerprint density at radius 1 is 1.15 bits per heavy atom. The van der Waals surface area contributed by atoms with Crippen molar-refractivity contribution in [3.8, 4) is 0 Å². The summed E-state index contributed by atoms with van der Waals surface area (Å²) in [6.07, 6.45) is 0. The Bertz CT molecular complexity index is 555. The van der Waals surface area contributed by atoms with Crippen LogP contribution in [0.15, 0.2) is 16.9 Å². The van der Waals surface area contributed by atoms with Crippen molar-refractivity contribution in [1.29, 1.82) is 0 Å². The molecule has 1 aromatic heterocycles. The molecule has 2 heterocycles. The predicted octanol–water partition coefficient (Wildman–Crippen LogP) is 0.901.